The molecule has 10 aromatic carbocycles. The van der Waals surface area contributed by atoms with Gasteiger partial charge in [0.1, 0.15) is 0 Å². The Morgan fingerprint density at radius 3 is 1.55 bits per heavy atom. The van der Waals surface area contributed by atoms with E-state index in [1.54, 1.807) is 0 Å². The summed E-state index contributed by atoms with van der Waals surface area (Å²) < 4.78 is 2.64. The second-order valence-electron chi connectivity index (χ2n) is 17.7. The number of thiophene rings is 1. The maximum atomic E-state index is 2.47. The standard InChI is InChI=1S/C63H43NS/c1-62(44-17-5-2-6-18-44)56-26-14-11-23-50(56)52-37-34-49(41-59(52)62)64(47-32-29-42(30-33-47)43-31-36-54-53-25-13-16-28-60(53)65-61(54)39-43)48-35-38-58-55(40-48)51-24-12-15-27-57(51)63(58,45-19-7-3-8-20-45)46-21-9-4-10-22-46/h2-41H,1H3. The predicted molar refractivity (Wildman–Crippen MR) is 274 cm³/mol. The topological polar surface area (TPSA) is 3.24 Å². The molecule has 11 aromatic rings. The Morgan fingerprint density at radius 2 is 0.831 bits per heavy atom. The second kappa shape index (κ2) is 14.6. The first-order chi connectivity index (χ1) is 32.1. The molecule has 0 amide bonds. The lowest BCUT2D eigenvalue weighted by atomic mass is 9.68. The van der Waals surface area contributed by atoms with Gasteiger partial charge in [-0.15, -0.1) is 11.3 Å². The van der Waals surface area contributed by atoms with E-state index in [0.717, 1.165) is 17.1 Å². The van der Waals surface area contributed by atoms with Gasteiger partial charge in [0.15, 0.2) is 0 Å². The number of nitrogens with zero attached hydrogens (tertiary/aromatic N) is 1. The van der Waals surface area contributed by atoms with Gasteiger partial charge in [0.25, 0.3) is 0 Å². The molecule has 2 aliphatic carbocycles. The zero-order chi connectivity index (χ0) is 43.1. The molecule has 1 unspecified atom stereocenters. The number of hydrogen-bond acceptors (Lipinski definition) is 2. The molecule has 1 aromatic heterocycles. The van der Waals surface area contributed by atoms with Crippen molar-refractivity contribution in [2.45, 2.75) is 17.8 Å². The first-order valence-corrected chi connectivity index (χ1v) is 23.4. The summed E-state index contributed by atoms with van der Waals surface area (Å²) in [6.45, 7) is 2.41. The van der Waals surface area contributed by atoms with Gasteiger partial charge in [0.05, 0.1) is 5.41 Å². The summed E-state index contributed by atoms with van der Waals surface area (Å²) in [6.07, 6.45) is 0. The first-order valence-electron chi connectivity index (χ1n) is 22.6. The summed E-state index contributed by atoms with van der Waals surface area (Å²) in [5.74, 6) is 0. The highest BCUT2D eigenvalue weighted by molar-refractivity contribution is 7.25. The van der Waals surface area contributed by atoms with Crippen molar-refractivity contribution < 1.29 is 0 Å². The van der Waals surface area contributed by atoms with Crippen LogP contribution in [0.25, 0.3) is 53.6 Å². The van der Waals surface area contributed by atoms with E-state index in [4.69, 9.17) is 0 Å². The van der Waals surface area contributed by atoms with Crippen LogP contribution in [0.5, 0.6) is 0 Å². The Balaban J connectivity index is 1.01. The average Bonchev–Trinajstić information content (AvgIpc) is 3.99. The van der Waals surface area contributed by atoms with Crippen molar-refractivity contribution in [2.75, 3.05) is 4.90 Å². The van der Waals surface area contributed by atoms with Gasteiger partial charge in [-0.3, -0.25) is 0 Å². The van der Waals surface area contributed by atoms with Gasteiger partial charge >= 0.3 is 0 Å². The molecule has 13 rings (SSSR count). The van der Waals surface area contributed by atoms with Crippen LogP contribution in [0.15, 0.2) is 243 Å². The third kappa shape index (κ3) is 5.57. The van der Waals surface area contributed by atoms with E-state index in [-0.39, 0.29) is 5.41 Å². The molecule has 0 N–H and O–H groups in total. The van der Waals surface area contributed by atoms with E-state index < -0.39 is 5.41 Å². The van der Waals surface area contributed by atoms with Crippen molar-refractivity contribution in [3.05, 3.63) is 282 Å². The van der Waals surface area contributed by atoms with Crippen LogP contribution >= 0.6 is 11.3 Å². The smallest absolute Gasteiger partial charge is 0.0713 e. The molecule has 0 aliphatic heterocycles. The summed E-state index contributed by atoms with van der Waals surface area (Å²) in [4.78, 5) is 2.47. The third-order valence-electron chi connectivity index (χ3n) is 14.4. The van der Waals surface area contributed by atoms with Crippen molar-refractivity contribution in [2.24, 2.45) is 0 Å². The summed E-state index contributed by atoms with van der Waals surface area (Å²) in [6, 6.07) is 90.4. The molecule has 1 nitrogen and oxygen atoms in total. The van der Waals surface area contributed by atoms with E-state index in [2.05, 4.69) is 254 Å². The Bertz CT molecular complexity index is 3570. The molecule has 1 heterocycles. The van der Waals surface area contributed by atoms with Crippen LogP contribution in [0.2, 0.25) is 0 Å². The molecule has 306 valence electrons. The molecule has 2 aliphatic rings. The molecule has 0 bridgehead atoms. The number of fused-ring (bicyclic) bond motifs is 9. The minimum atomic E-state index is -0.466. The lowest BCUT2D eigenvalue weighted by Crippen LogP contribution is -2.28. The molecule has 0 radical (unpaired) electrons. The number of anilines is 3. The maximum Gasteiger partial charge on any atom is 0.0713 e. The van der Waals surface area contributed by atoms with Gasteiger partial charge in [-0.25, -0.2) is 0 Å². The fourth-order valence-corrected chi connectivity index (χ4v) is 12.6. The monoisotopic (exact) mass is 845 g/mol. The van der Waals surface area contributed by atoms with E-state index in [9.17, 15) is 0 Å². The van der Waals surface area contributed by atoms with Gasteiger partial charge < -0.3 is 4.90 Å². The fraction of sp³-hybridized carbons (Fsp3) is 0.0476. The van der Waals surface area contributed by atoms with Gasteiger partial charge in [0.2, 0.25) is 0 Å². The van der Waals surface area contributed by atoms with Crippen LogP contribution in [0.4, 0.5) is 17.1 Å². The van der Waals surface area contributed by atoms with E-state index in [1.807, 2.05) is 11.3 Å². The second-order valence-corrected chi connectivity index (χ2v) is 18.8. The van der Waals surface area contributed by atoms with E-state index in [0.29, 0.717) is 0 Å². The van der Waals surface area contributed by atoms with Crippen molar-refractivity contribution in [1.82, 2.24) is 0 Å². The quantitative estimate of drug-likeness (QED) is 0.154. The average molecular weight is 846 g/mol. The molecule has 0 fully saturated rings. The number of benzene rings is 10. The molecular weight excluding hydrogens is 803 g/mol. The Morgan fingerprint density at radius 1 is 0.323 bits per heavy atom. The Kier molecular flexibility index (Phi) is 8.50. The summed E-state index contributed by atoms with van der Waals surface area (Å²) in [5, 5.41) is 2.65. The van der Waals surface area contributed by atoms with Gasteiger partial charge in [-0.1, -0.05) is 194 Å². The Hall–Kier alpha value is -7.78. The van der Waals surface area contributed by atoms with Crippen LogP contribution < -0.4 is 4.90 Å². The first kappa shape index (κ1) is 37.7. The van der Waals surface area contributed by atoms with Crippen LogP contribution in [0.1, 0.15) is 45.9 Å². The molecule has 2 heteroatoms. The SMILES string of the molecule is CC1(c2ccccc2)c2ccccc2-c2ccc(N(c3ccc(-c4ccc5c(c4)sc4ccccc45)cc3)c3ccc4c(c3)-c3ccccc3C4(c3ccccc3)c3ccccc3)cc21. The van der Waals surface area contributed by atoms with Crippen LogP contribution in [-0.2, 0) is 10.8 Å². The van der Waals surface area contributed by atoms with Crippen LogP contribution in [0, 0.1) is 0 Å². The summed E-state index contributed by atoms with van der Waals surface area (Å²) in [5.41, 5.74) is 19.2. The third-order valence-corrected chi connectivity index (χ3v) is 15.6. The zero-order valence-electron chi connectivity index (χ0n) is 35.9. The number of hydrogen-bond donors (Lipinski definition) is 0. The minimum Gasteiger partial charge on any atom is -0.310 e. The van der Waals surface area contributed by atoms with Crippen molar-refractivity contribution >= 4 is 48.6 Å². The summed E-state index contributed by atoms with van der Waals surface area (Å²) in [7, 11) is 0. The molecule has 0 spiro atoms. The zero-order valence-corrected chi connectivity index (χ0v) is 36.8. The number of rotatable bonds is 7. The van der Waals surface area contributed by atoms with Gasteiger partial charge in [-0.2, -0.15) is 0 Å². The van der Waals surface area contributed by atoms with Crippen LogP contribution in [-0.4, -0.2) is 0 Å². The molecule has 1 atom stereocenters. The summed E-state index contributed by atoms with van der Waals surface area (Å²) >= 11 is 1.87. The minimum absolute atomic E-state index is 0.328. The van der Waals surface area contributed by atoms with Gasteiger partial charge in [-0.05, 0) is 128 Å². The van der Waals surface area contributed by atoms with Crippen molar-refractivity contribution in [3.63, 3.8) is 0 Å². The lowest BCUT2D eigenvalue weighted by Gasteiger charge is -2.34. The molecule has 65 heavy (non-hydrogen) atoms. The predicted octanol–water partition coefficient (Wildman–Crippen LogP) is 16.9. The van der Waals surface area contributed by atoms with Crippen molar-refractivity contribution in [1.29, 1.82) is 0 Å². The maximum absolute atomic E-state index is 2.47. The highest BCUT2D eigenvalue weighted by Gasteiger charge is 2.46. The Labute approximate surface area is 384 Å². The van der Waals surface area contributed by atoms with Crippen molar-refractivity contribution in [3.8, 4) is 33.4 Å². The lowest BCUT2D eigenvalue weighted by molar-refractivity contribution is 0.714. The van der Waals surface area contributed by atoms with E-state index in [1.165, 1.54) is 92.5 Å². The van der Waals surface area contributed by atoms with Crippen LogP contribution in [0.3, 0.4) is 0 Å². The van der Waals surface area contributed by atoms with Gasteiger partial charge in [0, 0.05) is 42.6 Å². The molecule has 0 saturated carbocycles. The largest absolute Gasteiger partial charge is 0.310 e. The normalized spacial score (nSPS) is 15.3. The highest BCUT2D eigenvalue weighted by atomic mass is 32.1. The molecular formula is C63H43NS. The highest BCUT2D eigenvalue weighted by Crippen LogP contribution is 2.58. The molecule has 0 saturated heterocycles. The van der Waals surface area contributed by atoms with E-state index >= 15 is 0 Å². The fourth-order valence-electron chi connectivity index (χ4n) is 11.4.